The van der Waals surface area contributed by atoms with E-state index in [-0.39, 0.29) is 0 Å². The third-order valence-electron chi connectivity index (χ3n) is 5.34. The number of H-pyrrole nitrogens is 1. The second-order valence-electron chi connectivity index (χ2n) is 7.13. The molecule has 4 aromatic heterocycles. The Labute approximate surface area is 166 Å². The number of morpholine rings is 1. The monoisotopic (exact) mass is 397 g/mol. The first-order valence-electron chi connectivity index (χ1n) is 9.55. The van der Waals surface area contributed by atoms with Crippen LogP contribution in [0.1, 0.15) is 12.2 Å². The summed E-state index contributed by atoms with van der Waals surface area (Å²) < 4.78 is 8.72. The van der Waals surface area contributed by atoms with E-state index in [1.165, 1.54) is 0 Å². The molecule has 0 aromatic carbocycles. The number of nitrogens with two attached hydrogens (primary N) is 1. The van der Waals surface area contributed by atoms with Crippen molar-refractivity contribution >= 4 is 38.4 Å². The molecule has 1 aliphatic heterocycles. The Morgan fingerprint density at radius 2 is 2.14 bits per heavy atom. The number of nitrogen functional groups attached to an aromatic ring is 1. The Morgan fingerprint density at radius 1 is 1.29 bits per heavy atom. The molecule has 0 aliphatic carbocycles. The zero-order chi connectivity index (χ0) is 19.1. The number of hydrogen-bond donors (Lipinski definition) is 2. The molecule has 0 amide bonds. The minimum Gasteiger partial charge on any atom is -0.382 e. The van der Waals surface area contributed by atoms with Crippen LogP contribution in [-0.4, -0.2) is 62.5 Å². The Morgan fingerprint density at radius 3 is 2.93 bits per heavy atom. The zero-order valence-electron chi connectivity index (χ0n) is 15.8. The van der Waals surface area contributed by atoms with Crippen molar-refractivity contribution in [2.24, 2.45) is 7.05 Å². The van der Waals surface area contributed by atoms with Gasteiger partial charge in [-0.25, -0.2) is 9.97 Å². The number of pyridine rings is 1. The molecule has 0 bridgehead atoms. The minimum atomic E-state index is 0.492. The lowest BCUT2D eigenvalue weighted by atomic mass is 10.2. The fourth-order valence-electron chi connectivity index (χ4n) is 3.84. The van der Waals surface area contributed by atoms with Gasteiger partial charge in [0.25, 0.3) is 0 Å². The molecule has 146 valence electrons. The topological polar surface area (TPSA) is 97.9 Å². The first-order chi connectivity index (χ1) is 13.7. The normalized spacial score (nSPS) is 15.8. The molecule has 5 rings (SSSR count). The van der Waals surface area contributed by atoms with Gasteiger partial charge in [-0.2, -0.15) is 5.10 Å². The maximum absolute atomic E-state index is 6.25. The van der Waals surface area contributed by atoms with Gasteiger partial charge in [-0.15, -0.1) is 11.3 Å². The van der Waals surface area contributed by atoms with E-state index in [0.29, 0.717) is 5.82 Å². The van der Waals surface area contributed by atoms with Gasteiger partial charge in [-0.1, -0.05) is 0 Å². The quantitative estimate of drug-likeness (QED) is 0.537. The van der Waals surface area contributed by atoms with E-state index in [9.17, 15) is 0 Å². The van der Waals surface area contributed by atoms with Crippen LogP contribution in [0, 0.1) is 0 Å². The maximum Gasteiger partial charge on any atom is 0.152 e. The van der Waals surface area contributed by atoms with Gasteiger partial charge in [0.15, 0.2) is 5.82 Å². The zero-order valence-corrected chi connectivity index (χ0v) is 16.6. The van der Waals surface area contributed by atoms with Crippen LogP contribution in [0.2, 0.25) is 0 Å². The molecule has 9 heteroatoms. The number of nitrogens with one attached hydrogen (secondary N) is 1. The van der Waals surface area contributed by atoms with Crippen molar-refractivity contribution in [2.75, 3.05) is 38.6 Å². The molecule has 0 saturated carbocycles. The molecule has 1 saturated heterocycles. The molecule has 0 radical (unpaired) electrons. The summed E-state index contributed by atoms with van der Waals surface area (Å²) in [5.74, 6) is 1.55. The molecular formula is C19H23N7OS. The highest BCUT2D eigenvalue weighted by atomic mass is 32.1. The van der Waals surface area contributed by atoms with Gasteiger partial charge in [-0.05, 0) is 25.1 Å². The summed E-state index contributed by atoms with van der Waals surface area (Å²) in [6.45, 7) is 4.78. The number of nitrogens with zero attached hydrogens (tertiary/aromatic N) is 5. The van der Waals surface area contributed by atoms with Gasteiger partial charge in [0, 0.05) is 32.8 Å². The molecule has 0 spiro atoms. The third-order valence-corrected chi connectivity index (χ3v) is 6.51. The number of ether oxygens (including phenoxy) is 1. The van der Waals surface area contributed by atoms with E-state index in [0.717, 1.165) is 83.3 Å². The van der Waals surface area contributed by atoms with Gasteiger partial charge in [0.05, 0.1) is 39.5 Å². The minimum absolute atomic E-state index is 0.492. The molecule has 1 fully saturated rings. The number of aromatic amines is 1. The molecule has 1 aliphatic rings. The highest BCUT2D eigenvalue weighted by Crippen LogP contribution is 2.37. The standard InChI is InChI=1S/C19H23N7OS/c1-25-15(3-2-6-26-7-9-27-10-8-26)23-16-17(25)18-13(22-19(16)20)11-14(28-18)12-4-5-21-24-12/h4-5,11H,2-3,6-10H2,1H3,(H2,20,22)(H,21,24). The number of thiophene rings is 1. The van der Waals surface area contributed by atoms with Crippen LogP contribution >= 0.6 is 11.3 Å². The van der Waals surface area contributed by atoms with E-state index >= 15 is 0 Å². The predicted molar refractivity (Wildman–Crippen MR) is 111 cm³/mol. The second kappa shape index (κ2) is 7.16. The Balaban J connectivity index is 1.47. The molecule has 0 atom stereocenters. The summed E-state index contributed by atoms with van der Waals surface area (Å²) in [6.07, 6.45) is 3.74. The predicted octanol–water partition coefficient (Wildman–Crippen LogP) is 2.42. The summed E-state index contributed by atoms with van der Waals surface area (Å²) in [5.41, 5.74) is 10.0. The van der Waals surface area contributed by atoms with Crippen LogP contribution in [0.3, 0.4) is 0 Å². The van der Waals surface area contributed by atoms with Gasteiger partial charge in [-0.3, -0.25) is 10.00 Å². The fraction of sp³-hybridized carbons (Fsp3) is 0.421. The summed E-state index contributed by atoms with van der Waals surface area (Å²) in [5, 5.41) is 7.07. The highest BCUT2D eigenvalue weighted by molar-refractivity contribution is 7.23. The lowest BCUT2D eigenvalue weighted by Gasteiger charge is -2.26. The average molecular weight is 398 g/mol. The number of anilines is 1. The smallest absolute Gasteiger partial charge is 0.152 e. The van der Waals surface area contributed by atoms with Gasteiger partial charge < -0.3 is 15.0 Å². The van der Waals surface area contributed by atoms with E-state index < -0.39 is 0 Å². The number of rotatable bonds is 5. The summed E-state index contributed by atoms with van der Waals surface area (Å²) in [7, 11) is 2.08. The first-order valence-corrected chi connectivity index (χ1v) is 10.4. The molecule has 5 heterocycles. The molecule has 0 unspecified atom stereocenters. The van der Waals surface area contributed by atoms with Gasteiger partial charge in [0.1, 0.15) is 11.3 Å². The molecule has 28 heavy (non-hydrogen) atoms. The summed E-state index contributed by atoms with van der Waals surface area (Å²) in [6, 6.07) is 4.03. The first kappa shape index (κ1) is 17.6. The van der Waals surface area contributed by atoms with Crippen LogP contribution in [0.25, 0.3) is 31.8 Å². The van der Waals surface area contributed by atoms with Crippen LogP contribution in [0.15, 0.2) is 18.3 Å². The van der Waals surface area contributed by atoms with Crippen molar-refractivity contribution in [3.8, 4) is 10.6 Å². The van der Waals surface area contributed by atoms with Crippen molar-refractivity contribution in [1.82, 2.24) is 29.6 Å². The van der Waals surface area contributed by atoms with Crippen molar-refractivity contribution in [1.29, 1.82) is 0 Å². The average Bonchev–Trinajstić information content (AvgIpc) is 3.42. The number of fused-ring (bicyclic) bond motifs is 3. The number of aromatic nitrogens is 5. The largest absolute Gasteiger partial charge is 0.382 e. The van der Waals surface area contributed by atoms with Crippen LogP contribution in [-0.2, 0) is 18.2 Å². The SMILES string of the molecule is Cn1c(CCCN2CCOCC2)nc2c(N)nc3cc(-c4ccn[nH]4)sc3c21. The van der Waals surface area contributed by atoms with Crippen molar-refractivity contribution in [2.45, 2.75) is 12.8 Å². The number of hydrogen-bond acceptors (Lipinski definition) is 7. The molecule has 3 N–H and O–H groups in total. The van der Waals surface area contributed by atoms with E-state index in [4.69, 9.17) is 15.5 Å². The van der Waals surface area contributed by atoms with Crippen LogP contribution in [0.5, 0.6) is 0 Å². The van der Waals surface area contributed by atoms with Gasteiger partial charge in [0.2, 0.25) is 0 Å². The third kappa shape index (κ3) is 3.05. The number of imidazole rings is 1. The summed E-state index contributed by atoms with van der Waals surface area (Å²) in [4.78, 5) is 13.0. The van der Waals surface area contributed by atoms with Crippen molar-refractivity contribution < 1.29 is 4.74 Å². The van der Waals surface area contributed by atoms with E-state index in [2.05, 4.69) is 37.8 Å². The molecule has 8 nitrogen and oxygen atoms in total. The second-order valence-corrected chi connectivity index (χ2v) is 8.19. The van der Waals surface area contributed by atoms with E-state index in [1.807, 2.05) is 6.07 Å². The Bertz CT molecular complexity index is 1110. The van der Waals surface area contributed by atoms with E-state index in [1.54, 1.807) is 17.5 Å². The Kier molecular flexibility index (Phi) is 4.50. The van der Waals surface area contributed by atoms with Crippen molar-refractivity contribution in [3.05, 3.63) is 24.2 Å². The Hall–Kier alpha value is -2.49. The fourth-order valence-corrected chi connectivity index (χ4v) is 4.99. The van der Waals surface area contributed by atoms with Crippen LogP contribution < -0.4 is 5.73 Å². The summed E-state index contributed by atoms with van der Waals surface area (Å²) >= 11 is 1.70. The van der Waals surface area contributed by atoms with Gasteiger partial charge >= 0.3 is 0 Å². The highest BCUT2D eigenvalue weighted by Gasteiger charge is 2.18. The molecular weight excluding hydrogens is 374 g/mol. The lowest BCUT2D eigenvalue weighted by molar-refractivity contribution is 0.0374. The maximum atomic E-state index is 6.25. The lowest BCUT2D eigenvalue weighted by Crippen LogP contribution is -2.37. The number of aryl methyl sites for hydroxylation is 2. The van der Waals surface area contributed by atoms with Crippen molar-refractivity contribution in [3.63, 3.8) is 0 Å². The van der Waals surface area contributed by atoms with Crippen LogP contribution in [0.4, 0.5) is 5.82 Å². The molecule has 4 aromatic rings.